The van der Waals surface area contributed by atoms with E-state index in [9.17, 15) is 18.8 Å². The third-order valence-electron chi connectivity index (χ3n) is 4.67. The summed E-state index contributed by atoms with van der Waals surface area (Å²) < 4.78 is 15.7. The largest absolute Gasteiger partial charge is 0.364 e. The molecule has 10 heteroatoms. The van der Waals surface area contributed by atoms with Gasteiger partial charge in [0.1, 0.15) is 17.2 Å². The van der Waals surface area contributed by atoms with Crippen LogP contribution in [-0.2, 0) is 6.54 Å². The molecule has 156 valence electrons. The van der Waals surface area contributed by atoms with Crippen molar-refractivity contribution >= 4 is 34.5 Å². The molecular formula is C21H15ClFN5O3. The summed E-state index contributed by atoms with van der Waals surface area (Å²) in [7, 11) is 0. The van der Waals surface area contributed by atoms with E-state index in [0.29, 0.717) is 16.3 Å². The molecule has 0 unspecified atom stereocenters. The first-order chi connectivity index (χ1) is 14.8. The van der Waals surface area contributed by atoms with Crippen molar-refractivity contribution in [3.63, 3.8) is 0 Å². The molecule has 1 amide bonds. The standard InChI is InChI=1S/C21H15ClFN5O3/c1-11-25-17(19(24)30)18-20(26-11)28(15-8-6-14(23)7-9-15)21(31)27(18)10-16(29)12-2-4-13(22)5-3-12/h2-9H,10H2,1H3,(H2,24,30). The van der Waals surface area contributed by atoms with E-state index >= 15 is 0 Å². The molecule has 2 heterocycles. The van der Waals surface area contributed by atoms with Gasteiger partial charge in [-0.15, -0.1) is 0 Å². The number of halogens is 2. The van der Waals surface area contributed by atoms with Crippen molar-refractivity contribution in [2.75, 3.05) is 0 Å². The Morgan fingerprint density at radius 3 is 2.32 bits per heavy atom. The molecule has 4 aromatic rings. The van der Waals surface area contributed by atoms with Crippen LogP contribution in [0.5, 0.6) is 0 Å². The number of amides is 1. The monoisotopic (exact) mass is 439 g/mol. The van der Waals surface area contributed by atoms with Gasteiger partial charge in [0, 0.05) is 10.6 Å². The SMILES string of the molecule is Cc1nc(C(N)=O)c2c(n1)n(-c1ccc(F)cc1)c(=O)n2CC(=O)c1ccc(Cl)cc1. The van der Waals surface area contributed by atoms with Crippen LogP contribution in [-0.4, -0.2) is 30.8 Å². The minimum absolute atomic E-state index is 0.0229. The summed E-state index contributed by atoms with van der Waals surface area (Å²) in [6.07, 6.45) is 0. The summed E-state index contributed by atoms with van der Waals surface area (Å²) in [5.41, 5.74) is 5.40. The Labute approximate surface area is 179 Å². The van der Waals surface area contributed by atoms with Gasteiger partial charge in [-0.05, 0) is 55.5 Å². The summed E-state index contributed by atoms with van der Waals surface area (Å²) in [6.45, 7) is 1.15. The van der Waals surface area contributed by atoms with Gasteiger partial charge in [0.15, 0.2) is 17.1 Å². The van der Waals surface area contributed by atoms with Crippen LogP contribution >= 0.6 is 11.6 Å². The molecule has 0 radical (unpaired) electrons. The number of aromatic nitrogens is 4. The van der Waals surface area contributed by atoms with Crippen molar-refractivity contribution in [1.29, 1.82) is 0 Å². The molecule has 0 saturated carbocycles. The smallest absolute Gasteiger partial charge is 0.335 e. The number of primary amides is 1. The molecule has 0 spiro atoms. The number of nitrogens with zero attached hydrogens (tertiary/aromatic N) is 4. The number of rotatable bonds is 5. The lowest BCUT2D eigenvalue weighted by Gasteiger charge is -2.06. The molecule has 0 saturated heterocycles. The summed E-state index contributed by atoms with van der Waals surface area (Å²) in [6, 6.07) is 11.3. The maximum absolute atomic E-state index is 13.4. The van der Waals surface area contributed by atoms with Crippen LogP contribution < -0.4 is 11.4 Å². The normalized spacial score (nSPS) is 11.1. The molecular weight excluding hydrogens is 425 g/mol. The van der Waals surface area contributed by atoms with Crippen molar-refractivity contribution in [3.8, 4) is 5.69 Å². The number of hydrogen-bond acceptors (Lipinski definition) is 5. The molecule has 4 rings (SSSR count). The number of benzene rings is 2. The number of hydrogen-bond donors (Lipinski definition) is 1. The van der Waals surface area contributed by atoms with Crippen LogP contribution in [0.15, 0.2) is 53.3 Å². The van der Waals surface area contributed by atoms with Crippen LogP contribution in [0, 0.1) is 12.7 Å². The highest BCUT2D eigenvalue weighted by Gasteiger charge is 2.24. The summed E-state index contributed by atoms with van der Waals surface area (Å²) in [5, 5.41) is 0.460. The van der Waals surface area contributed by atoms with Crippen molar-refractivity contribution in [2.24, 2.45) is 5.73 Å². The zero-order valence-electron chi connectivity index (χ0n) is 16.2. The number of imidazole rings is 1. The molecule has 2 aromatic heterocycles. The van der Waals surface area contributed by atoms with E-state index in [2.05, 4.69) is 9.97 Å². The zero-order chi connectivity index (χ0) is 22.3. The number of nitrogens with two attached hydrogens (primary N) is 1. The zero-order valence-corrected chi connectivity index (χ0v) is 16.9. The lowest BCUT2D eigenvalue weighted by Crippen LogP contribution is -2.27. The summed E-state index contributed by atoms with van der Waals surface area (Å²) in [4.78, 5) is 46.6. The van der Waals surface area contributed by atoms with E-state index in [1.165, 1.54) is 41.0 Å². The Hall–Kier alpha value is -3.85. The average molecular weight is 440 g/mol. The number of ketones is 1. The van der Waals surface area contributed by atoms with Gasteiger partial charge in [-0.2, -0.15) is 0 Å². The predicted molar refractivity (Wildman–Crippen MR) is 112 cm³/mol. The van der Waals surface area contributed by atoms with E-state index in [4.69, 9.17) is 17.3 Å². The Morgan fingerprint density at radius 2 is 1.71 bits per heavy atom. The molecule has 0 atom stereocenters. The second-order valence-corrected chi connectivity index (χ2v) is 7.20. The Kier molecular flexibility index (Phi) is 5.12. The Balaban J connectivity index is 1.97. The van der Waals surface area contributed by atoms with Gasteiger partial charge in [0.2, 0.25) is 0 Å². The quantitative estimate of drug-likeness (QED) is 0.480. The molecule has 2 N–H and O–H groups in total. The number of fused-ring (bicyclic) bond motifs is 1. The van der Waals surface area contributed by atoms with Gasteiger partial charge in [-0.25, -0.2) is 23.7 Å². The number of aryl methyl sites for hydroxylation is 1. The third-order valence-corrected chi connectivity index (χ3v) is 4.92. The maximum Gasteiger partial charge on any atom is 0.335 e. The van der Waals surface area contributed by atoms with Crippen LogP contribution in [0.2, 0.25) is 5.02 Å². The number of carbonyl (C=O) groups is 2. The van der Waals surface area contributed by atoms with Gasteiger partial charge >= 0.3 is 5.69 Å². The van der Waals surface area contributed by atoms with E-state index in [-0.39, 0.29) is 22.7 Å². The Morgan fingerprint density at radius 1 is 1.06 bits per heavy atom. The Bertz CT molecular complexity index is 1390. The van der Waals surface area contributed by atoms with E-state index in [0.717, 1.165) is 4.57 Å². The topological polar surface area (TPSA) is 113 Å². The molecule has 8 nitrogen and oxygen atoms in total. The van der Waals surface area contributed by atoms with Crippen molar-refractivity contribution in [3.05, 3.63) is 86.9 Å². The van der Waals surface area contributed by atoms with E-state index < -0.39 is 29.7 Å². The first-order valence-corrected chi connectivity index (χ1v) is 9.48. The van der Waals surface area contributed by atoms with Gasteiger partial charge < -0.3 is 5.73 Å². The first-order valence-electron chi connectivity index (χ1n) is 9.10. The maximum atomic E-state index is 13.4. The highest BCUT2D eigenvalue weighted by Crippen LogP contribution is 2.20. The fourth-order valence-corrected chi connectivity index (χ4v) is 3.40. The lowest BCUT2D eigenvalue weighted by atomic mass is 10.1. The second-order valence-electron chi connectivity index (χ2n) is 6.77. The van der Waals surface area contributed by atoms with Crippen LogP contribution in [0.4, 0.5) is 4.39 Å². The van der Waals surface area contributed by atoms with Crippen molar-refractivity contribution in [2.45, 2.75) is 13.5 Å². The molecule has 0 aliphatic carbocycles. The van der Waals surface area contributed by atoms with Gasteiger partial charge in [-0.1, -0.05) is 11.6 Å². The minimum atomic E-state index is -0.876. The van der Waals surface area contributed by atoms with Crippen molar-refractivity contribution < 1.29 is 14.0 Å². The number of carbonyl (C=O) groups excluding carboxylic acids is 2. The summed E-state index contributed by atoms with van der Waals surface area (Å²) >= 11 is 5.87. The van der Waals surface area contributed by atoms with Crippen molar-refractivity contribution in [1.82, 2.24) is 19.1 Å². The number of Topliss-reactive ketones (excluding diaryl/α,β-unsaturated/α-hetero) is 1. The molecule has 0 aliphatic heterocycles. The van der Waals surface area contributed by atoms with Crippen LogP contribution in [0.25, 0.3) is 16.9 Å². The summed E-state index contributed by atoms with van der Waals surface area (Å²) in [5.74, 6) is -1.55. The molecule has 0 bridgehead atoms. The van der Waals surface area contributed by atoms with Crippen LogP contribution in [0.3, 0.4) is 0 Å². The third kappa shape index (κ3) is 3.71. The minimum Gasteiger partial charge on any atom is -0.364 e. The van der Waals surface area contributed by atoms with E-state index in [1.807, 2.05) is 0 Å². The fourth-order valence-electron chi connectivity index (χ4n) is 3.28. The highest BCUT2D eigenvalue weighted by atomic mass is 35.5. The van der Waals surface area contributed by atoms with Gasteiger partial charge in [-0.3, -0.25) is 14.2 Å². The first kappa shape index (κ1) is 20.4. The van der Waals surface area contributed by atoms with Crippen LogP contribution in [0.1, 0.15) is 26.7 Å². The fraction of sp³-hybridized carbons (Fsp3) is 0.0952. The predicted octanol–water partition coefficient (Wildman–Crippen LogP) is 2.66. The van der Waals surface area contributed by atoms with Gasteiger partial charge in [0.05, 0.1) is 12.2 Å². The molecule has 0 fully saturated rings. The highest BCUT2D eigenvalue weighted by molar-refractivity contribution is 6.30. The second kappa shape index (κ2) is 7.77. The molecule has 0 aliphatic rings. The molecule has 2 aromatic carbocycles. The molecule has 31 heavy (non-hydrogen) atoms. The lowest BCUT2D eigenvalue weighted by molar-refractivity contribution is 0.0966. The average Bonchev–Trinajstić information content (AvgIpc) is 2.99. The van der Waals surface area contributed by atoms with Gasteiger partial charge in [0.25, 0.3) is 5.91 Å². The van der Waals surface area contributed by atoms with E-state index in [1.54, 1.807) is 19.1 Å².